The Morgan fingerprint density at radius 1 is 1.68 bits per heavy atom. The van der Waals surface area contributed by atoms with Crippen molar-refractivity contribution in [3.8, 4) is 5.88 Å². The second-order valence-electron chi connectivity index (χ2n) is 3.73. The molecule has 1 aliphatic rings. The third-order valence-corrected chi connectivity index (χ3v) is 5.31. The number of hydrogen-bond donors (Lipinski definition) is 1. The number of hydrogen-bond acceptors (Lipinski definition) is 7. The minimum atomic E-state index is -3.96. The summed E-state index contributed by atoms with van der Waals surface area (Å²) < 4.78 is 39.5. The number of morpholine rings is 1. The number of aliphatic carboxylic acids is 1. The molecule has 2 heterocycles. The van der Waals surface area contributed by atoms with Crippen LogP contribution in [0.5, 0.6) is 5.88 Å². The average molecular weight is 308 g/mol. The lowest BCUT2D eigenvalue weighted by atomic mass is 10.3. The third-order valence-electron chi connectivity index (χ3n) is 2.65. The number of methoxy groups -OCH3 is 1. The Hall–Kier alpha value is -1.23. The molecule has 0 bridgehead atoms. The molecule has 1 unspecified atom stereocenters. The van der Waals surface area contributed by atoms with Crippen molar-refractivity contribution in [2.24, 2.45) is 0 Å². The van der Waals surface area contributed by atoms with Gasteiger partial charge in [-0.05, 0) is 11.5 Å². The maximum Gasteiger partial charge on any atom is 0.324 e. The van der Waals surface area contributed by atoms with Crippen molar-refractivity contribution < 1.29 is 27.8 Å². The smallest absolute Gasteiger partial charge is 0.324 e. The largest absolute Gasteiger partial charge is 0.480 e. The van der Waals surface area contributed by atoms with Crippen LogP contribution in [0, 0.1) is 0 Å². The minimum Gasteiger partial charge on any atom is -0.480 e. The number of aromatic nitrogens is 1. The fraction of sp³-hybridized carbons (Fsp3) is 0.556. The first-order valence-electron chi connectivity index (χ1n) is 5.29. The summed E-state index contributed by atoms with van der Waals surface area (Å²) in [7, 11) is -2.65. The molecule has 1 saturated heterocycles. The summed E-state index contributed by atoms with van der Waals surface area (Å²) in [6.07, 6.45) is 0. The van der Waals surface area contributed by atoms with Crippen LogP contribution in [-0.2, 0) is 19.6 Å². The summed E-state index contributed by atoms with van der Waals surface area (Å²) in [5, 5.41) is 10.4. The second-order valence-corrected chi connectivity index (χ2v) is 6.22. The number of ether oxygens (including phenoxy) is 2. The molecule has 0 aromatic carbocycles. The highest BCUT2D eigenvalue weighted by Gasteiger charge is 2.40. The van der Waals surface area contributed by atoms with E-state index in [0.29, 0.717) is 0 Å². The zero-order chi connectivity index (χ0) is 14.0. The van der Waals surface area contributed by atoms with Gasteiger partial charge in [-0.3, -0.25) is 4.79 Å². The van der Waals surface area contributed by atoms with Crippen molar-refractivity contribution in [2.45, 2.75) is 10.9 Å². The molecule has 1 N–H and O–H groups in total. The van der Waals surface area contributed by atoms with Gasteiger partial charge in [0.05, 0.1) is 20.3 Å². The fourth-order valence-electron chi connectivity index (χ4n) is 1.72. The number of carboxylic acids is 1. The van der Waals surface area contributed by atoms with Crippen molar-refractivity contribution >= 4 is 27.5 Å². The van der Waals surface area contributed by atoms with E-state index in [1.807, 2.05) is 0 Å². The summed E-state index contributed by atoms with van der Waals surface area (Å²) in [5.41, 5.74) is 0. The highest BCUT2D eigenvalue weighted by Crippen LogP contribution is 2.29. The number of sulfonamides is 1. The first-order chi connectivity index (χ1) is 8.98. The summed E-state index contributed by atoms with van der Waals surface area (Å²) in [6.45, 7) is -0.0321. The van der Waals surface area contributed by atoms with Gasteiger partial charge in [0.25, 0.3) is 0 Å². The van der Waals surface area contributed by atoms with Gasteiger partial charge in [-0.1, -0.05) is 0 Å². The van der Waals surface area contributed by atoms with Gasteiger partial charge in [0.2, 0.25) is 15.9 Å². The lowest BCUT2D eigenvalue weighted by Gasteiger charge is -2.31. The maximum absolute atomic E-state index is 12.4. The normalized spacial score (nSPS) is 21.2. The molecule has 10 heteroatoms. The third kappa shape index (κ3) is 2.56. The number of nitrogens with zero attached hydrogens (tertiary/aromatic N) is 2. The van der Waals surface area contributed by atoms with Crippen LogP contribution in [0.1, 0.15) is 0 Å². The fourth-order valence-corrected chi connectivity index (χ4v) is 4.32. The van der Waals surface area contributed by atoms with E-state index in [1.165, 1.54) is 12.5 Å². The molecule has 0 aliphatic carbocycles. The molecule has 2 rings (SSSR count). The van der Waals surface area contributed by atoms with Crippen LogP contribution in [-0.4, -0.2) is 61.1 Å². The van der Waals surface area contributed by atoms with Gasteiger partial charge in [-0.2, -0.15) is 8.68 Å². The first kappa shape index (κ1) is 14.2. The summed E-state index contributed by atoms with van der Waals surface area (Å²) in [5.74, 6) is -1.27. The van der Waals surface area contributed by atoms with Crippen LogP contribution >= 0.6 is 11.5 Å². The molecular weight excluding hydrogens is 296 g/mol. The van der Waals surface area contributed by atoms with Crippen LogP contribution in [0.2, 0.25) is 0 Å². The van der Waals surface area contributed by atoms with Gasteiger partial charge in [0.1, 0.15) is 6.04 Å². The van der Waals surface area contributed by atoms with Gasteiger partial charge in [-0.15, -0.1) is 0 Å². The molecule has 1 aromatic rings. The Kier molecular flexibility index (Phi) is 4.04. The lowest BCUT2D eigenvalue weighted by molar-refractivity contribution is -0.146. The standard InChI is InChI=1S/C9H12N2O6S2/c1-16-8-7(5-18-10-8)19(14,15)11-2-3-17-4-6(11)9(12)13/h5-6H,2-4H2,1H3,(H,12,13). The predicted molar refractivity (Wildman–Crippen MR) is 64.8 cm³/mol. The van der Waals surface area contributed by atoms with E-state index < -0.39 is 22.0 Å². The van der Waals surface area contributed by atoms with Crippen molar-refractivity contribution in [1.29, 1.82) is 0 Å². The van der Waals surface area contributed by atoms with E-state index in [2.05, 4.69) is 4.37 Å². The molecule has 19 heavy (non-hydrogen) atoms. The summed E-state index contributed by atoms with van der Waals surface area (Å²) in [6, 6.07) is -1.23. The van der Waals surface area contributed by atoms with E-state index in [9.17, 15) is 13.2 Å². The quantitative estimate of drug-likeness (QED) is 0.808. The summed E-state index contributed by atoms with van der Waals surface area (Å²) >= 11 is 0.932. The Morgan fingerprint density at radius 2 is 2.42 bits per heavy atom. The molecule has 8 nitrogen and oxygen atoms in total. The Bertz CT molecular complexity index is 569. The molecule has 0 spiro atoms. The van der Waals surface area contributed by atoms with Crippen LogP contribution in [0.25, 0.3) is 0 Å². The van der Waals surface area contributed by atoms with Crippen LogP contribution in [0.15, 0.2) is 10.3 Å². The van der Waals surface area contributed by atoms with E-state index in [0.717, 1.165) is 15.8 Å². The zero-order valence-electron chi connectivity index (χ0n) is 9.98. The Labute approximate surface area is 113 Å². The SMILES string of the molecule is COc1nscc1S(=O)(=O)N1CCOCC1C(=O)O. The molecule has 1 fully saturated rings. The molecule has 1 aliphatic heterocycles. The van der Waals surface area contributed by atoms with Gasteiger partial charge >= 0.3 is 5.97 Å². The van der Waals surface area contributed by atoms with Gasteiger partial charge in [0, 0.05) is 11.9 Å². The molecule has 0 saturated carbocycles. The van der Waals surface area contributed by atoms with Crippen molar-refractivity contribution in [2.75, 3.05) is 26.9 Å². The highest BCUT2D eigenvalue weighted by atomic mass is 32.2. The van der Waals surface area contributed by atoms with Crippen molar-refractivity contribution in [3.63, 3.8) is 0 Å². The number of carbonyl (C=O) groups is 1. The second kappa shape index (κ2) is 5.41. The number of rotatable bonds is 4. The highest BCUT2D eigenvalue weighted by molar-refractivity contribution is 7.89. The van der Waals surface area contributed by atoms with Gasteiger partial charge < -0.3 is 14.6 Å². The van der Waals surface area contributed by atoms with E-state index in [-0.39, 0.29) is 30.5 Å². The van der Waals surface area contributed by atoms with Gasteiger partial charge in [-0.25, -0.2) is 8.42 Å². The maximum atomic E-state index is 12.4. The van der Waals surface area contributed by atoms with Crippen LogP contribution in [0.4, 0.5) is 0 Å². The molecule has 0 amide bonds. The molecular formula is C9H12N2O6S2. The predicted octanol–water partition coefficient (Wildman–Crippen LogP) is -0.374. The van der Waals surface area contributed by atoms with Crippen molar-refractivity contribution in [3.05, 3.63) is 5.38 Å². The monoisotopic (exact) mass is 308 g/mol. The van der Waals surface area contributed by atoms with E-state index >= 15 is 0 Å². The first-order valence-corrected chi connectivity index (χ1v) is 7.57. The Morgan fingerprint density at radius 3 is 3.05 bits per heavy atom. The minimum absolute atomic E-state index is 0.0156. The molecule has 1 atom stereocenters. The van der Waals surface area contributed by atoms with Crippen molar-refractivity contribution in [1.82, 2.24) is 8.68 Å². The molecule has 106 valence electrons. The zero-order valence-corrected chi connectivity index (χ0v) is 11.6. The molecule has 1 aromatic heterocycles. The summed E-state index contributed by atoms with van der Waals surface area (Å²) in [4.78, 5) is 11.0. The van der Waals surface area contributed by atoms with Crippen LogP contribution in [0.3, 0.4) is 0 Å². The van der Waals surface area contributed by atoms with Crippen LogP contribution < -0.4 is 4.74 Å². The van der Waals surface area contributed by atoms with Gasteiger partial charge in [0.15, 0.2) is 4.90 Å². The average Bonchev–Trinajstić information content (AvgIpc) is 2.87. The molecule has 0 radical (unpaired) electrons. The van der Waals surface area contributed by atoms with E-state index in [4.69, 9.17) is 14.6 Å². The van der Waals surface area contributed by atoms with E-state index in [1.54, 1.807) is 0 Å². The Balaban J connectivity index is 2.40. The topological polar surface area (TPSA) is 106 Å². The lowest BCUT2D eigenvalue weighted by Crippen LogP contribution is -2.52. The number of carboxylic acid groups (broad SMARTS) is 1.